The number of pyridine rings is 1. The molecule has 34 heavy (non-hydrogen) atoms. The molecule has 1 N–H and O–H groups in total. The van der Waals surface area contributed by atoms with Gasteiger partial charge in [-0.15, -0.1) is 0 Å². The smallest absolute Gasteiger partial charge is 0.278 e. The van der Waals surface area contributed by atoms with E-state index in [9.17, 15) is 14.7 Å². The Bertz CT molecular complexity index is 1320. The van der Waals surface area contributed by atoms with Crippen molar-refractivity contribution < 1.29 is 19.0 Å². The Kier molecular flexibility index (Phi) is 5.57. The lowest BCUT2D eigenvalue weighted by Gasteiger charge is -2.46. The van der Waals surface area contributed by atoms with Gasteiger partial charge in [0.05, 0.1) is 0 Å². The molecule has 5 rings (SSSR count). The predicted molar refractivity (Wildman–Crippen MR) is 125 cm³/mol. The van der Waals surface area contributed by atoms with Crippen LogP contribution in [0, 0.1) is 5.82 Å². The topological polar surface area (TPSA) is 75.0 Å². The van der Waals surface area contributed by atoms with Crippen molar-refractivity contribution >= 4 is 5.91 Å². The molecule has 7 nitrogen and oxygen atoms in total. The first-order valence-corrected chi connectivity index (χ1v) is 11.1. The molecule has 0 aliphatic carbocycles. The number of hydrogen-bond donors (Lipinski definition) is 1. The maximum Gasteiger partial charge on any atom is 0.278 e. The van der Waals surface area contributed by atoms with Gasteiger partial charge in [0.15, 0.2) is 23.0 Å². The van der Waals surface area contributed by atoms with Gasteiger partial charge in [-0.2, -0.15) is 0 Å². The summed E-state index contributed by atoms with van der Waals surface area (Å²) in [6.45, 7) is 2.24. The highest BCUT2D eigenvalue weighted by atomic mass is 19.1. The zero-order chi connectivity index (χ0) is 23.8. The Morgan fingerprint density at radius 1 is 1.03 bits per heavy atom. The molecule has 0 saturated heterocycles. The van der Waals surface area contributed by atoms with Gasteiger partial charge in [-0.05, 0) is 25.0 Å². The van der Waals surface area contributed by atoms with Gasteiger partial charge in [-0.1, -0.05) is 54.6 Å². The monoisotopic (exact) mass is 461 g/mol. The number of fused-ring (bicyclic) bond motifs is 5. The molecule has 1 amide bonds. The lowest BCUT2D eigenvalue weighted by Crippen LogP contribution is -2.57. The summed E-state index contributed by atoms with van der Waals surface area (Å²) in [7, 11) is 0. The first kappa shape index (κ1) is 21.8. The molecule has 0 saturated carbocycles. The van der Waals surface area contributed by atoms with Crippen molar-refractivity contribution in [3.05, 3.63) is 106 Å². The van der Waals surface area contributed by atoms with Crippen LogP contribution >= 0.6 is 0 Å². The van der Waals surface area contributed by atoms with Crippen LogP contribution in [0.3, 0.4) is 0 Å². The van der Waals surface area contributed by atoms with Crippen molar-refractivity contribution in [1.29, 1.82) is 0 Å². The molecule has 2 aliphatic heterocycles. The maximum atomic E-state index is 15.0. The summed E-state index contributed by atoms with van der Waals surface area (Å²) < 4.78 is 22.4. The Labute approximate surface area is 195 Å². The zero-order valence-electron chi connectivity index (χ0n) is 18.6. The number of ether oxygens (including phenoxy) is 1. The molecular weight excluding hydrogens is 437 g/mol. The van der Waals surface area contributed by atoms with E-state index in [1.807, 2.05) is 48.3 Å². The van der Waals surface area contributed by atoms with Crippen LogP contribution in [0.2, 0.25) is 0 Å². The first-order valence-electron chi connectivity index (χ1n) is 11.1. The molecule has 0 radical (unpaired) electrons. The van der Waals surface area contributed by atoms with E-state index in [0.29, 0.717) is 12.0 Å². The summed E-state index contributed by atoms with van der Waals surface area (Å²) in [6, 6.07) is 14.6. The molecule has 2 aliphatic rings. The van der Waals surface area contributed by atoms with Gasteiger partial charge in [-0.25, -0.2) is 4.39 Å². The maximum absolute atomic E-state index is 15.0. The van der Waals surface area contributed by atoms with Crippen LogP contribution in [0.4, 0.5) is 4.39 Å². The number of benzene rings is 2. The Morgan fingerprint density at radius 3 is 2.62 bits per heavy atom. The Hall–Kier alpha value is -4.07. The fraction of sp³-hybridized carbons (Fsp3) is 0.231. The molecule has 8 heteroatoms. The lowest BCUT2D eigenvalue weighted by molar-refractivity contribution is 0.0606. The molecule has 2 bridgehead atoms. The van der Waals surface area contributed by atoms with Gasteiger partial charge in [0.1, 0.15) is 19.3 Å². The molecule has 0 fully saturated rings. The van der Waals surface area contributed by atoms with E-state index in [-0.39, 0.29) is 30.8 Å². The van der Waals surface area contributed by atoms with E-state index >= 15 is 4.39 Å². The van der Waals surface area contributed by atoms with Gasteiger partial charge >= 0.3 is 0 Å². The average molecular weight is 461 g/mol. The third-order valence-electron chi connectivity index (χ3n) is 6.30. The summed E-state index contributed by atoms with van der Waals surface area (Å²) >= 11 is 0. The van der Waals surface area contributed by atoms with Crippen molar-refractivity contribution in [1.82, 2.24) is 9.58 Å². The number of para-hydroxylation sites is 1. The summed E-state index contributed by atoms with van der Waals surface area (Å²) in [5, 5.41) is 12.5. The minimum atomic E-state index is -0.638. The summed E-state index contributed by atoms with van der Waals surface area (Å²) in [4.78, 5) is 27.3. The molecule has 2 aromatic carbocycles. The van der Waals surface area contributed by atoms with E-state index < -0.39 is 28.9 Å². The molecular formula is C26H24FN3O4. The molecule has 0 spiro atoms. The van der Waals surface area contributed by atoms with Crippen molar-refractivity contribution in [2.24, 2.45) is 0 Å². The molecule has 2 atom stereocenters. The molecule has 0 unspecified atom stereocenters. The number of nitrogens with zero attached hydrogens (tertiary/aromatic N) is 3. The number of halogens is 1. The number of carbonyl (C=O) groups excluding carboxylic acids is 1. The SMILES string of the molecule is C[C@@H]1C/C=C\COc2c(F)cccc2[C@@H](c2ccccc2)N2CN1C(=O)c1c(O)c(=O)ccn12. The highest BCUT2D eigenvalue weighted by Gasteiger charge is 2.39. The van der Waals surface area contributed by atoms with Crippen molar-refractivity contribution in [2.45, 2.75) is 25.4 Å². The second kappa shape index (κ2) is 8.70. The number of hydrogen-bond acceptors (Lipinski definition) is 5. The second-order valence-corrected chi connectivity index (χ2v) is 8.42. The number of rotatable bonds is 1. The number of aromatic nitrogens is 1. The van der Waals surface area contributed by atoms with Gasteiger partial charge in [0.2, 0.25) is 5.43 Å². The third-order valence-corrected chi connectivity index (χ3v) is 6.30. The molecule has 3 heterocycles. The van der Waals surface area contributed by atoms with Crippen LogP contribution in [0.1, 0.15) is 41.0 Å². The lowest BCUT2D eigenvalue weighted by atomic mass is 9.96. The summed E-state index contributed by atoms with van der Waals surface area (Å²) in [6.07, 6.45) is 5.68. The van der Waals surface area contributed by atoms with E-state index in [4.69, 9.17) is 4.74 Å². The minimum Gasteiger partial charge on any atom is -0.502 e. The Morgan fingerprint density at radius 2 is 1.82 bits per heavy atom. The zero-order valence-corrected chi connectivity index (χ0v) is 18.6. The van der Waals surface area contributed by atoms with Crippen molar-refractivity contribution in [3.8, 4) is 11.5 Å². The van der Waals surface area contributed by atoms with Crippen LogP contribution in [-0.2, 0) is 0 Å². The highest BCUT2D eigenvalue weighted by Crippen LogP contribution is 2.38. The normalized spacial score (nSPS) is 20.9. The summed E-state index contributed by atoms with van der Waals surface area (Å²) in [5.41, 5.74) is 0.635. The number of amides is 1. The average Bonchev–Trinajstić information content (AvgIpc) is 2.83. The highest BCUT2D eigenvalue weighted by molar-refractivity contribution is 5.96. The molecule has 3 aromatic rings. The minimum absolute atomic E-state index is 0.116. The van der Waals surface area contributed by atoms with Gasteiger partial charge in [0, 0.05) is 23.9 Å². The van der Waals surface area contributed by atoms with E-state index in [1.165, 1.54) is 23.0 Å². The number of aromatic hydroxyl groups is 1. The van der Waals surface area contributed by atoms with E-state index in [1.54, 1.807) is 23.1 Å². The van der Waals surface area contributed by atoms with Gasteiger partial charge in [-0.3, -0.25) is 19.3 Å². The molecule has 174 valence electrons. The van der Waals surface area contributed by atoms with Gasteiger partial charge in [0.25, 0.3) is 5.91 Å². The quantitative estimate of drug-likeness (QED) is 0.561. The van der Waals surface area contributed by atoms with Gasteiger partial charge < -0.3 is 14.7 Å². The van der Waals surface area contributed by atoms with E-state index in [0.717, 1.165) is 5.56 Å². The van der Waals surface area contributed by atoms with Crippen LogP contribution in [0.15, 0.2) is 77.7 Å². The fourth-order valence-electron chi connectivity index (χ4n) is 4.56. The van der Waals surface area contributed by atoms with E-state index in [2.05, 4.69) is 0 Å². The van der Waals surface area contributed by atoms with Crippen LogP contribution in [0.5, 0.6) is 11.5 Å². The Balaban J connectivity index is 1.82. The van der Waals surface area contributed by atoms with Crippen LogP contribution in [0.25, 0.3) is 0 Å². The summed E-state index contributed by atoms with van der Waals surface area (Å²) in [5.74, 6) is -1.43. The first-order chi connectivity index (χ1) is 16.5. The van der Waals surface area contributed by atoms with Crippen molar-refractivity contribution in [2.75, 3.05) is 18.3 Å². The van der Waals surface area contributed by atoms with Crippen molar-refractivity contribution in [3.63, 3.8) is 0 Å². The van der Waals surface area contributed by atoms with Crippen LogP contribution < -0.4 is 15.2 Å². The third kappa shape index (κ3) is 3.61. The molecule has 1 aromatic heterocycles. The largest absolute Gasteiger partial charge is 0.502 e. The fourth-order valence-corrected chi connectivity index (χ4v) is 4.56. The standard InChI is InChI=1S/C26H24FN3O4/c1-17-8-5-6-15-34-25-19(11-7-12-20(25)27)22(18-9-3-2-4-10-18)30-16-28(17)26(33)23-24(32)21(31)13-14-29(23)30/h2-7,9-14,17,22,32H,8,15-16H2,1H3/b6-5-/t17-,22-/m1/s1. The number of carbonyl (C=O) groups is 1. The predicted octanol–water partition coefficient (Wildman–Crippen LogP) is 3.56. The van der Waals surface area contributed by atoms with Crippen LogP contribution in [-0.4, -0.2) is 39.9 Å². The second-order valence-electron chi connectivity index (χ2n) is 8.42.